The molecule has 0 aliphatic carbocycles. The summed E-state index contributed by atoms with van der Waals surface area (Å²) < 4.78 is 1.07. The molecule has 4 nitrogen and oxygen atoms in total. The number of aliphatic hydroxyl groups is 1. The maximum Gasteiger partial charge on any atom is 0.226 e. The van der Waals surface area contributed by atoms with Gasteiger partial charge in [-0.3, -0.25) is 4.79 Å². The molecule has 1 amide bonds. The first-order valence-electron chi connectivity index (χ1n) is 5.56. The summed E-state index contributed by atoms with van der Waals surface area (Å²) in [7, 11) is 0. The number of carbonyl (C=O) groups is 1. The first-order chi connectivity index (χ1) is 8.29. The predicted octanol–water partition coefficient (Wildman–Crippen LogP) is 2.40. The van der Waals surface area contributed by atoms with Crippen LogP contribution in [0.1, 0.15) is 19.3 Å². The van der Waals surface area contributed by atoms with Crippen molar-refractivity contribution in [2.75, 3.05) is 11.9 Å². The van der Waals surface area contributed by atoms with Crippen molar-refractivity contribution in [1.29, 1.82) is 0 Å². The van der Waals surface area contributed by atoms with Gasteiger partial charge in [0.25, 0.3) is 0 Å². The molecule has 0 unspecified atom stereocenters. The van der Waals surface area contributed by atoms with Gasteiger partial charge in [-0.1, -0.05) is 23.5 Å². The Morgan fingerprint density at radius 3 is 2.94 bits per heavy atom. The van der Waals surface area contributed by atoms with Crippen LogP contribution in [0.4, 0.5) is 5.13 Å². The summed E-state index contributed by atoms with van der Waals surface area (Å²) in [6, 6.07) is 7.78. The monoisotopic (exact) mass is 250 g/mol. The van der Waals surface area contributed by atoms with Crippen LogP contribution in [-0.2, 0) is 4.79 Å². The van der Waals surface area contributed by atoms with Crippen LogP contribution in [0.15, 0.2) is 24.3 Å². The average molecular weight is 250 g/mol. The lowest BCUT2D eigenvalue weighted by Gasteiger charge is -1.99. The number of fused-ring (bicyclic) bond motifs is 1. The summed E-state index contributed by atoms with van der Waals surface area (Å²) in [4.78, 5) is 15.9. The minimum atomic E-state index is -0.0440. The number of anilines is 1. The van der Waals surface area contributed by atoms with Crippen LogP contribution >= 0.6 is 11.3 Å². The van der Waals surface area contributed by atoms with E-state index in [4.69, 9.17) is 5.11 Å². The zero-order valence-electron chi connectivity index (χ0n) is 9.35. The van der Waals surface area contributed by atoms with Gasteiger partial charge in [0.05, 0.1) is 10.2 Å². The molecule has 0 aliphatic heterocycles. The van der Waals surface area contributed by atoms with E-state index in [0.29, 0.717) is 24.4 Å². The zero-order chi connectivity index (χ0) is 12.1. The normalized spacial score (nSPS) is 10.6. The quantitative estimate of drug-likeness (QED) is 0.801. The van der Waals surface area contributed by atoms with E-state index >= 15 is 0 Å². The molecular weight excluding hydrogens is 236 g/mol. The van der Waals surface area contributed by atoms with Crippen LogP contribution in [-0.4, -0.2) is 22.6 Å². The summed E-state index contributed by atoms with van der Waals surface area (Å²) in [5.74, 6) is -0.0440. The van der Waals surface area contributed by atoms with E-state index in [9.17, 15) is 4.79 Å². The van der Waals surface area contributed by atoms with Crippen LogP contribution in [0.2, 0.25) is 0 Å². The molecule has 2 aromatic rings. The van der Waals surface area contributed by atoms with Gasteiger partial charge in [0.1, 0.15) is 0 Å². The van der Waals surface area contributed by atoms with Crippen molar-refractivity contribution in [3.63, 3.8) is 0 Å². The Bertz CT molecular complexity index is 477. The molecule has 2 rings (SSSR count). The SMILES string of the molecule is O=C(CCCCO)Nc1nc2ccccc2s1. The number of hydrogen-bond acceptors (Lipinski definition) is 4. The van der Waals surface area contributed by atoms with Crippen molar-refractivity contribution < 1.29 is 9.90 Å². The summed E-state index contributed by atoms with van der Waals surface area (Å²) >= 11 is 1.47. The molecule has 5 heteroatoms. The molecule has 1 aromatic carbocycles. The van der Waals surface area contributed by atoms with Crippen LogP contribution in [0.3, 0.4) is 0 Å². The van der Waals surface area contributed by atoms with Gasteiger partial charge in [0, 0.05) is 13.0 Å². The highest BCUT2D eigenvalue weighted by atomic mass is 32.1. The highest BCUT2D eigenvalue weighted by Gasteiger charge is 2.06. The van der Waals surface area contributed by atoms with Gasteiger partial charge >= 0.3 is 0 Å². The number of aromatic nitrogens is 1. The number of aliphatic hydroxyl groups excluding tert-OH is 1. The summed E-state index contributed by atoms with van der Waals surface area (Å²) in [5.41, 5.74) is 0.906. The highest BCUT2D eigenvalue weighted by Crippen LogP contribution is 2.25. The van der Waals surface area contributed by atoms with Gasteiger partial charge in [-0.05, 0) is 25.0 Å². The summed E-state index contributed by atoms with van der Waals surface area (Å²) in [6.07, 6.45) is 1.79. The Hall–Kier alpha value is -1.46. The van der Waals surface area contributed by atoms with Crippen molar-refractivity contribution in [1.82, 2.24) is 4.98 Å². The molecule has 0 fully saturated rings. The lowest BCUT2D eigenvalue weighted by atomic mass is 10.2. The number of para-hydroxylation sites is 1. The molecule has 0 saturated heterocycles. The number of nitrogens with one attached hydrogen (secondary N) is 1. The topological polar surface area (TPSA) is 62.2 Å². The predicted molar refractivity (Wildman–Crippen MR) is 69.2 cm³/mol. The van der Waals surface area contributed by atoms with Crippen molar-refractivity contribution in [2.24, 2.45) is 0 Å². The highest BCUT2D eigenvalue weighted by molar-refractivity contribution is 7.22. The average Bonchev–Trinajstić information content (AvgIpc) is 2.71. The molecule has 1 heterocycles. The Balaban J connectivity index is 1.96. The summed E-state index contributed by atoms with van der Waals surface area (Å²) in [5, 5.41) is 12.0. The Labute approximate surface area is 103 Å². The van der Waals surface area contributed by atoms with Crippen molar-refractivity contribution in [3.8, 4) is 0 Å². The Kier molecular flexibility index (Phi) is 4.06. The molecule has 0 radical (unpaired) electrons. The second kappa shape index (κ2) is 5.75. The number of unbranched alkanes of at least 4 members (excludes halogenated alkanes) is 1. The molecule has 0 saturated carbocycles. The molecule has 0 aliphatic rings. The molecule has 2 N–H and O–H groups in total. The third-order valence-corrected chi connectivity index (χ3v) is 3.30. The molecule has 0 bridgehead atoms. The van der Waals surface area contributed by atoms with Crippen LogP contribution < -0.4 is 5.32 Å². The lowest BCUT2D eigenvalue weighted by molar-refractivity contribution is -0.116. The number of rotatable bonds is 5. The standard InChI is InChI=1S/C12H14N2O2S/c15-8-4-3-7-11(16)14-12-13-9-5-1-2-6-10(9)17-12/h1-2,5-6,15H,3-4,7-8H2,(H,13,14,16). The number of hydrogen-bond donors (Lipinski definition) is 2. The van der Waals surface area contributed by atoms with Crippen molar-refractivity contribution in [3.05, 3.63) is 24.3 Å². The van der Waals surface area contributed by atoms with Gasteiger partial charge < -0.3 is 10.4 Å². The number of amides is 1. The zero-order valence-corrected chi connectivity index (χ0v) is 10.2. The minimum Gasteiger partial charge on any atom is -0.396 e. The Morgan fingerprint density at radius 1 is 1.35 bits per heavy atom. The third kappa shape index (κ3) is 3.25. The van der Waals surface area contributed by atoms with E-state index in [-0.39, 0.29) is 12.5 Å². The van der Waals surface area contributed by atoms with E-state index < -0.39 is 0 Å². The number of benzene rings is 1. The second-order valence-corrected chi connectivity index (χ2v) is 4.75. The van der Waals surface area contributed by atoms with E-state index in [1.165, 1.54) is 11.3 Å². The molecule has 0 atom stereocenters. The first kappa shape index (κ1) is 12.0. The first-order valence-corrected chi connectivity index (χ1v) is 6.37. The Morgan fingerprint density at radius 2 is 2.18 bits per heavy atom. The van der Waals surface area contributed by atoms with Gasteiger partial charge in [-0.25, -0.2) is 4.98 Å². The maximum absolute atomic E-state index is 11.5. The molecule has 90 valence electrons. The largest absolute Gasteiger partial charge is 0.396 e. The van der Waals surface area contributed by atoms with E-state index in [2.05, 4.69) is 10.3 Å². The van der Waals surface area contributed by atoms with Crippen LogP contribution in [0.25, 0.3) is 10.2 Å². The van der Waals surface area contributed by atoms with E-state index in [0.717, 1.165) is 10.2 Å². The van der Waals surface area contributed by atoms with Gasteiger partial charge in [-0.15, -0.1) is 0 Å². The molecular formula is C12H14N2O2S. The number of carbonyl (C=O) groups excluding carboxylic acids is 1. The van der Waals surface area contributed by atoms with Crippen LogP contribution in [0, 0.1) is 0 Å². The van der Waals surface area contributed by atoms with Crippen molar-refractivity contribution >= 4 is 32.6 Å². The second-order valence-electron chi connectivity index (χ2n) is 3.72. The van der Waals surface area contributed by atoms with Crippen molar-refractivity contribution in [2.45, 2.75) is 19.3 Å². The van der Waals surface area contributed by atoms with Crippen LogP contribution in [0.5, 0.6) is 0 Å². The minimum absolute atomic E-state index is 0.0440. The maximum atomic E-state index is 11.5. The van der Waals surface area contributed by atoms with Gasteiger partial charge in [0.15, 0.2) is 5.13 Å². The fourth-order valence-electron chi connectivity index (χ4n) is 1.50. The fraction of sp³-hybridized carbons (Fsp3) is 0.333. The van der Waals surface area contributed by atoms with Gasteiger partial charge in [-0.2, -0.15) is 0 Å². The summed E-state index contributed by atoms with van der Waals surface area (Å²) in [6.45, 7) is 0.133. The smallest absolute Gasteiger partial charge is 0.226 e. The van der Waals surface area contributed by atoms with E-state index in [1.54, 1.807) is 0 Å². The van der Waals surface area contributed by atoms with E-state index in [1.807, 2.05) is 24.3 Å². The molecule has 17 heavy (non-hydrogen) atoms. The number of nitrogens with zero attached hydrogens (tertiary/aromatic N) is 1. The third-order valence-electron chi connectivity index (χ3n) is 2.35. The van der Waals surface area contributed by atoms with Gasteiger partial charge in [0.2, 0.25) is 5.91 Å². The lowest BCUT2D eigenvalue weighted by Crippen LogP contribution is -2.10. The number of thiazole rings is 1. The fourth-order valence-corrected chi connectivity index (χ4v) is 2.39. The molecule has 1 aromatic heterocycles. The molecule has 0 spiro atoms.